The van der Waals surface area contributed by atoms with E-state index in [2.05, 4.69) is 9.88 Å². The molecule has 0 bridgehead atoms. The second-order valence-electron chi connectivity index (χ2n) is 4.73. The van der Waals surface area contributed by atoms with E-state index in [0.29, 0.717) is 24.5 Å². The molecular weight excluding hydrogens is 256 g/mol. The number of nitrogen functional groups attached to an aromatic ring is 1. The molecule has 104 valence electrons. The zero-order valence-electron chi connectivity index (χ0n) is 11.0. The van der Waals surface area contributed by atoms with Gasteiger partial charge in [-0.1, -0.05) is 0 Å². The van der Waals surface area contributed by atoms with Gasteiger partial charge in [0.1, 0.15) is 12.1 Å². The molecule has 0 aromatic carbocycles. The van der Waals surface area contributed by atoms with E-state index < -0.39 is 0 Å². The van der Waals surface area contributed by atoms with Gasteiger partial charge in [0.25, 0.3) is 5.91 Å². The summed E-state index contributed by atoms with van der Waals surface area (Å²) in [6.07, 6.45) is 4.77. The average molecular weight is 272 g/mol. The van der Waals surface area contributed by atoms with Crippen LogP contribution in [0.25, 0.3) is 0 Å². The van der Waals surface area contributed by atoms with Crippen molar-refractivity contribution in [2.75, 3.05) is 36.8 Å². The van der Waals surface area contributed by atoms with Crippen LogP contribution in [0.15, 0.2) is 41.3 Å². The molecule has 0 unspecified atom stereocenters. The van der Waals surface area contributed by atoms with Crippen LogP contribution in [-0.2, 0) is 0 Å². The lowest BCUT2D eigenvalue weighted by molar-refractivity contribution is 0.0746. The lowest BCUT2D eigenvalue weighted by atomic mass is 10.2. The first kappa shape index (κ1) is 12.5. The van der Waals surface area contributed by atoms with E-state index in [-0.39, 0.29) is 5.91 Å². The Morgan fingerprint density at radius 3 is 2.60 bits per heavy atom. The summed E-state index contributed by atoms with van der Waals surface area (Å²) in [5, 5.41) is 0. The quantitative estimate of drug-likeness (QED) is 0.889. The Kier molecular flexibility index (Phi) is 3.28. The fraction of sp³-hybridized carbons (Fsp3) is 0.286. The number of carbonyl (C=O) groups excluding carboxylic acids is 1. The normalized spacial score (nSPS) is 15.4. The monoisotopic (exact) mass is 272 g/mol. The smallest absolute Gasteiger partial charge is 0.257 e. The second kappa shape index (κ2) is 5.24. The first-order chi connectivity index (χ1) is 9.74. The van der Waals surface area contributed by atoms with E-state index >= 15 is 0 Å². The van der Waals surface area contributed by atoms with Gasteiger partial charge in [0.05, 0.1) is 23.7 Å². The Balaban J connectivity index is 1.62. The largest absolute Gasteiger partial charge is 0.472 e. The van der Waals surface area contributed by atoms with E-state index in [0.717, 1.165) is 18.8 Å². The number of piperazine rings is 1. The maximum Gasteiger partial charge on any atom is 0.257 e. The van der Waals surface area contributed by atoms with Crippen molar-refractivity contribution < 1.29 is 9.21 Å². The summed E-state index contributed by atoms with van der Waals surface area (Å²) < 4.78 is 4.95. The highest BCUT2D eigenvalue weighted by atomic mass is 16.3. The molecule has 3 heterocycles. The third-order valence-electron chi connectivity index (χ3n) is 3.47. The average Bonchev–Trinajstić information content (AvgIpc) is 3.02. The molecule has 2 aromatic heterocycles. The van der Waals surface area contributed by atoms with E-state index in [1.54, 1.807) is 18.3 Å². The van der Waals surface area contributed by atoms with Crippen LogP contribution in [0.3, 0.4) is 0 Å². The molecule has 3 rings (SSSR count). The summed E-state index contributed by atoms with van der Waals surface area (Å²) in [5.74, 6) is 0.538. The number of rotatable bonds is 2. The van der Waals surface area contributed by atoms with Crippen molar-refractivity contribution >= 4 is 17.4 Å². The summed E-state index contributed by atoms with van der Waals surface area (Å²) in [4.78, 5) is 20.3. The molecule has 20 heavy (non-hydrogen) atoms. The first-order valence-electron chi connectivity index (χ1n) is 6.52. The molecular formula is C14H16N4O2. The van der Waals surface area contributed by atoms with Gasteiger partial charge >= 0.3 is 0 Å². The van der Waals surface area contributed by atoms with Crippen molar-refractivity contribution in [2.45, 2.75) is 0 Å². The number of nitrogens with zero attached hydrogens (tertiary/aromatic N) is 3. The second-order valence-corrected chi connectivity index (χ2v) is 4.73. The van der Waals surface area contributed by atoms with Crippen LogP contribution in [0.4, 0.5) is 11.5 Å². The van der Waals surface area contributed by atoms with Gasteiger partial charge in [-0.05, 0) is 18.2 Å². The molecule has 2 N–H and O–H groups in total. The Hall–Kier alpha value is -2.50. The van der Waals surface area contributed by atoms with Crippen LogP contribution < -0.4 is 10.6 Å². The first-order valence-corrected chi connectivity index (χ1v) is 6.52. The zero-order chi connectivity index (χ0) is 13.9. The molecule has 0 radical (unpaired) electrons. The highest BCUT2D eigenvalue weighted by Gasteiger charge is 2.22. The van der Waals surface area contributed by atoms with Crippen molar-refractivity contribution in [3.8, 4) is 0 Å². The summed E-state index contributed by atoms with van der Waals surface area (Å²) in [7, 11) is 0. The SMILES string of the molecule is Nc1ccc(N2CCN(C(=O)c3ccoc3)CC2)cn1. The number of nitrogens with two attached hydrogens (primary N) is 1. The van der Waals surface area contributed by atoms with Crippen LogP contribution in [0, 0.1) is 0 Å². The summed E-state index contributed by atoms with van der Waals surface area (Å²) in [5.41, 5.74) is 7.22. The topological polar surface area (TPSA) is 75.6 Å². The van der Waals surface area contributed by atoms with Crippen molar-refractivity contribution in [3.05, 3.63) is 42.5 Å². The minimum atomic E-state index is 0.0221. The van der Waals surface area contributed by atoms with Gasteiger partial charge in [0.15, 0.2) is 0 Å². The van der Waals surface area contributed by atoms with Gasteiger partial charge in [-0.2, -0.15) is 0 Å². The summed E-state index contributed by atoms with van der Waals surface area (Å²) >= 11 is 0. The maximum atomic E-state index is 12.2. The lowest BCUT2D eigenvalue weighted by Crippen LogP contribution is -2.48. The predicted octanol–water partition coefficient (Wildman–Crippen LogP) is 1.22. The Morgan fingerprint density at radius 1 is 1.20 bits per heavy atom. The third kappa shape index (κ3) is 2.45. The molecule has 6 heteroatoms. The van der Waals surface area contributed by atoms with E-state index in [1.165, 1.54) is 12.5 Å². The highest BCUT2D eigenvalue weighted by molar-refractivity contribution is 5.94. The molecule has 1 aliphatic rings. The third-order valence-corrected chi connectivity index (χ3v) is 3.47. The molecule has 0 aliphatic carbocycles. The minimum absolute atomic E-state index is 0.0221. The van der Waals surface area contributed by atoms with Crippen LogP contribution in [0.2, 0.25) is 0 Å². The van der Waals surface area contributed by atoms with Crippen LogP contribution in [-0.4, -0.2) is 42.0 Å². The van der Waals surface area contributed by atoms with Crippen molar-refractivity contribution in [1.82, 2.24) is 9.88 Å². The Bertz CT molecular complexity index is 572. The molecule has 1 aliphatic heterocycles. The molecule has 0 spiro atoms. The van der Waals surface area contributed by atoms with Crippen LogP contribution >= 0.6 is 0 Å². The van der Waals surface area contributed by atoms with Gasteiger partial charge in [0, 0.05) is 26.2 Å². The number of hydrogen-bond donors (Lipinski definition) is 1. The number of furan rings is 1. The van der Waals surface area contributed by atoms with Gasteiger partial charge in [-0.3, -0.25) is 4.79 Å². The molecule has 0 atom stereocenters. The number of aromatic nitrogens is 1. The molecule has 2 aromatic rings. The van der Waals surface area contributed by atoms with E-state index in [9.17, 15) is 4.79 Å². The molecule has 1 saturated heterocycles. The van der Waals surface area contributed by atoms with E-state index in [4.69, 9.17) is 10.2 Å². The molecule has 0 saturated carbocycles. The fourth-order valence-corrected chi connectivity index (χ4v) is 2.32. The van der Waals surface area contributed by atoms with Crippen LogP contribution in [0.1, 0.15) is 10.4 Å². The van der Waals surface area contributed by atoms with Gasteiger partial charge < -0.3 is 20.0 Å². The summed E-state index contributed by atoms with van der Waals surface area (Å²) in [6.45, 7) is 2.95. The fourth-order valence-electron chi connectivity index (χ4n) is 2.32. The number of pyridine rings is 1. The van der Waals surface area contributed by atoms with Gasteiger partial charge in [-0.25, -0.2) is 4.98 Å². The maximum absolute atomic E-state index is 12.2. The number of anilines is 2. The standard InChI is InChI=1S/C14H16N4O2/c15-13-2-1-12(9-16-13)17-4-6-18(7-5-17)14(19)11-3-8-20-10-11/h1-3,8-10H,4-7H2,(H2,15,16). The van der Waals surface area contributed by atoms with Gasteiger partial charge in [-0.15, -0.1) is 0 Å². The van der Waals surface area contributed by atoms with Gasteiger partial charge in [0.2, 0.25) is 0 Å². The van der Waals surface area contributed by atoms with Crippen molar-refractivity contribution in [2.24, 2.45) is 0 Å². The Morgan fingerprint density at radius 2 is 2.00 bits per heavy atom. The van der Waals surface area contributed by atoms with E-state index in [1.807, 2.05) is 11.0 Å². The Labute approximate surface area is 116 Å². The number of hydrogen-bond acceptors (Lipinski definition) is 5. The predicted molar refractivity (Wildman–Crippen MR) is 75.5 cm³/mol. The molecule has 1 fully saturated rings. The van der Waals surface area contributed by atoms with Crippen molar-refractivity contribution in [1.29, 1.82) is 0 Å². The van der Waals surface area contributed by atoms with Crippen LogP contribution in [0.5, 0.6) is 0 Å². The minimum Gasteiger partial charge on any atom is -0.472 e. The lowest BCUT2D eigenvalue weighted by Gasteiger charge is -2.35. The number of carbonyl (C=O) groups is 1. The molecule has 6 nitrogen and oxygen atoms in total. The molecule has 1 amide bonds. The number of amides is 1. The zero-order valence-corrected chi connectivity index (χ0v) is 11.0. The summed E-state index contributed by atoms with van der Waals surface area (Å²) in [6, 6.07) is 5.44. The van der Waals surface area contributed by atoms with Crippen molar-refractivity contribution in [3.63, 3.8) is 0 Å². The highest BCUT2D eigenvalue weighted by Crippen LogP contribution is 2.17.